The average molecular weight is 216 g/mol. The number of alkyl halides is 1. The number of nitrogens with one attached hydrogen (secondary N) is 1. The van der Waals surface area contributed by atoms with Crippen molar-refractivity contribution >= 4 is 15.9 Å². The minimum Gasteiger partial charge on any atom is -0.362 e. The first-order chi connectivity index (χ1) is 5.15. The first-order valence-electron chi connectivity index (χ1n) is 3.87. The third-order valence-electron chi connectivity index (χ3n) is 1.95. The maximum Gasteiger partial charge on any atom is 0.0153 e. The molecule has 0 fully saturated rings. The zero-order valence-corrected chi connectivity index (χ0v) is 8.83. The van der Waals surface area contributed by atoms with Gasteiger partial charge in [0.05, 0.1) is 0 Å². The lowest BCUT2D eigenvalue weighted by Gasteiger charge is -2.05. The fourth-order valence-corrected chi connectivity index (χ4v) is 1.69. The van der Waals surface area contributed by atoms with Crippen LogP contribution in [-0.2, 0) is 0 Å². The Morgan fingerprint density at radius 2 is 2.18 bits per heavy atom. The van der Waals surface area contributed by atoms with E-state index in [1.54, 1.807) is 0 Å². The highest BCUT2D eigenvalue weighted by atomic mass is 79.9. The molecule has 0 spiro atoms. The minimum absolute atomic E-state index is 0.611. The highest BCUT2D eigenvalue weighted by molar-refractivity contribution is 9.09. The van der Waals surface area contributed by atoms with Crippen LogP contribution in [0.15, 0.2) is 6.07 Å². The molecule has 11 heavy (non-hydrogen) atoms. The lowest BCUT2D eigenvalue weighted by molar-refractivity contribution is 0.877. The molecule has 1 aromatic heterocycles. The lowest BCUT2D eigenvalue weighted by Crippen LogP contribution is -1.94. The molecule has 0 aliphatic carbocycles. The number of aromatic amines is 1. The summed E-state index contributed by atoms with van der Waals surface area (Å²) >= 11 is 3.48. The zero-order valence-electron chi connectivity index (χ0n) is 7.24. The van der Waals surface area contributed by atoms with Gasteiger partial charge < -0.3 is 4.98 Å². The van der Waals surface area contributed by atoms with Crippen LogP contribution in [0.2, 0.25) is 0 Å². The van der Waals surface area contributed by atoms with Gasteiger partial charge in [0.15, 0.2) is 0 Å². The number of rotatable bonds is 2. The van der Waals surface area contributed by atoms with Crippen molar-refractivity contribution in [3.8, 4) is 0 Å². The zero-order chi connectivity index (χ0) is 8.43. The predicted octanol–water partition coefficient (Wildman–Crippen LogP) is 3.13. The minimum atomic E-state index is 0.611. The average Bonchev–Trinajstić information content (AvgIpc) is 2.28. The van der Waals surface area contributed by atoms with Crippen LogP contribution < -0.4 is 0 Å². The van der Waals surface area contributed by atoms with Crippen LogP contribution in [0.25, 0.3) is 0 Å². The van der Waals surface area contributed by atoms with Crippen LogP contribution >= 0.6 is 15.9 Å². The number of aromatic nitrogens is 1. The Bertz CT molecular complexity index is 240. The monoisotopic (exact) mass is 215 g/mol. The van der Waals surface area contributed by atoms with Crippen LogP contribution in [0.4, 0.5) is 0 Å². The van der Waals surface area contributed by atoms with E-state index in [9.17, 15) is 0 Å². The van der Waals surface area contributed by atoms with Crippen LogP contribution in [0.5, 0.6) is 0 Å². The highest BCUT2D eigenvalue weighted by Gasteiger charge is 2.08. The summed E-state index contributed by atoms with van der Waals surface area (Å²) in [5, 5.41) is 1.03. The molecule has 1 N–H and O–H groups in total. The standard InChI is InChI=1S/C9H14BrN/c1-6(5-10)9-4-7(2)11-8(9)3/h4,6,11H,5H2,1-3H3. The van der Waals surface area contributed by atoms with Crippen LogP contribution in [0, 0.1) is 13.8 Å². The van der Waals surface area contributed by atoms with Gasteiger partial charge in [0, 0.05) is 16.7 Å². The molecule has 0 bridgehead atoms. The molecular formula is C9H14BrN. The van der Waals surface area contributed by atoms with E-state index in [-0.39, 0.29) is 0 Å². The molecule has 1 atom stereocenters. The molecule has 2 heteroatoms. The molecule has 1 heterocycles. The van der Waals surface area contributed by atoms with Gasteiger partial charge in [-0.2, -0.15) is 0 Å². The third-order valence-corrected chi connectivity index (χ3v) is 2.92. The van der Waals surface area contributed by atoms with Crippen molar-refractivity contribution < 1.29 is 0 Å². The maximum atomic E-state index is 3.48. The van der Waals surface area contributed by atoms with E-state index < -0.39 is 0 Å². The maximum absolute atomic E-state index is 3.48. The fourth-order valence-electron chi connectivity index (χ4n) is 1.34. The van der Waals surface area contributed by atoms with Crippen molar-refractivity contribution in [3.05, 3.63) is 23.0 Å². The first-order valence-corrected chi connectivity index (χ1v) is 4.99. The highest BCUT2D eigenvalue weighted by Crippen LogP contribution is 2.21. The van der Waals surface area contributed by atoms with Crippen LogP contribution in [-0.4, -0.2) is 10.3 Å². The normalized spacial score (nSPS) is 13.5. The number of hydrogen-bond acceptors (Lipinski definition) is 0. The van der Waals surface area contributed by atoms with Gasteiger partial charge in [-0.1, -0.05) is 22.9 Å². The molecule has 1 aromatic rings. The van der Waals surface area contributed by atoms with Gasteiger partial charge in [0.2, 0.25) is 0 Å². The SMILES string of the molecule is Cc1cc(C(C)CBr)c(C)[nH]1. The van der Waals surface area contributed by atoms with E-state index in [1.807, 2.05) is 0 Å². The molecule has 0 aliphatic rings. The molecule has 1 rings (SSSR count). The summed E-state index contributed by atoms with van der Waals surface area (Å²) in [6, 6.07) is 2.22. The quantitative estimate of drug-likeness (QED) is 0.731. The molecule has 0 saturated carbocycles. The molecule has 0 saturated heterocycles. The summed E-state index contributed by atoms with van der Waals surface area (Å²) in [6.07, 6.45) is 0. The van der Waals surface area contributed by atoms with Gasteiger partial charge in [0.1, 0.15) is 0 Å². The van der Waals surface area contributed by atoms with E-state index in [4.69, 9.17) is 0 Å². The van der Waals surface area contributed by atoms with E-state index in [1.165, 1.54) is 17.0 Å². The summed E-state index contributed by atoms with van der Waals surface area (Å²) in [7, 11) is 0. The molecule has 0 aromatic carbocycles. The number of hydrogen-bond donors (Lipinski definition) is 1. The molecular weight excluding hydrogens is 202 g/mol. The van der Waals surface area contributed by atoms with Crippen molar-refractivity contribution in [2.24, 2.45) is 0 Å². The summed E-state index contributed by atoms with van der Waals surface area (Å²) in [5.74, 6) is 0.611. The van der Waals surface area contributed by atoms with Crippen molar-refractivity contribution in [3.63, 3.8) is 0 Å². The smallest absolute Gasteiger partial charge is 0.0153 e. The van der Waals surface area contributed by atoms with Crippen LogP contribution in [0.3, 0.4) is 0 Å². The molecule has 0 aliphatic heterocycles. The number of H-pyrrole nitrogens is 1. The van der Waals surface area contributed by atoms with Crippen molar-refractivity contribution in [1.82, 2.24) is 4.98 Å². The van der Waals surface area contributed by atoms with E-state index in [0.29, 0.717) is 5.92 Å². The Morgan fingerprint density at radius 3 is 2.55 bits per heavy atom. The first kappa shape index (κ1) is 8.85. The third kappa shape index (κ3) is 1.86. The van der Waals surface area contributed by atoms with E-state index >= 15 is 0 Å². The Morgan fingerprint density at radius 1 is 1.55 bits per heavy atom. The Hall–Kier alpha value is -0.240. The predicted molar refractivity (Wildman–Crippen MR) is 52.5 cm³/mol. The summed E-state index contributed by atoms with van der Waals surface area (Å²) in [4.78, 5) is 3.30. The molecule has 1 nitrogen and oxygen atoms in total. The van der Waals surface area contributed by atoms with E-state index in [2.05, 4.69) is 47.8 Å². The Balaban J connectivity index is 2.93. The Labute approximate surface area is 76.3 Å². The van der Waals surface area contributed by atoms with E-state index in [0.717, 1.165) is 5.33 Å². The lowest BCUT2D eigenvalue weighted by atomic mass is 10.0. The molecule has 62 valence electrons. The van der Waals surface area contributed by atoms with Crippen LogP contribution in [0.1, 0.15) is 29.8 Å². The largest absolute Gasteiger partial charge is 0.362 e. The Kier molecular flexibility index (Phi) is 2.77. The van der Waals surface area contributed by atoms with Gasteiger partial charge in [-0.05, 0) is 31.4 Å². The summed E-state index contributed by atoms with van der Waals surface area (Å²) in [6.45, 7) is 6.45. The van der Waals surface area contributed by atoms with Gasteiger partial charge in [-0.25, -0.2) is 0 Å². The van der Waals surface area contributed by atoms with Crippen molar-refractivity contribution in [2.75, 3.05) is 5.33 Å². The summed E-state index contributed by atoms with van der Waals surface area (Å²) < 4.78 is 0. The van der Waals surface area contributed by atoms with Gasteiger partial charge in [-0.3, -0.25) is 0 Å². The van der Waals surface area contributed by atoms with Gasteiger partial charge in [-0.15, -0.1) is 0 Å². The number of halogens is 1. The van der Waals surface area contributed by atoms with Crippen molar-refractivity contribution in [1.29, 1.82) is 0 Å². The number of aryl methyl sites for hydroxylation is 2. The molecule has 0 radical (unpaired) electrons. The van der Waals surface area contributed by atoms with Crippen molar-refractivity contribution in [2.45, 2.75) is 26.7 Å². The second-order valence-corrected chi connectivity index (χ2v) is 3.74. The van der Waals surface area contributed by atoms with Gasteiger partial charge in [0.25, 0.3) is 0 Å². The fraction of sp³-hybridized carbons (Fsp3) is 0.556. The van der Waals surface area contributed by atoms with Gasteiger partial charge >= 0.3 is 0 Å². The summed E-state index contributed by atoms with van der Waals surface area (Å²) in [5.41, 5.74) is 3.99. The molecule has 1 unspecified atom stereocenters. The topological polar surface area (TPSA) is 15.8 Å². The second-order valence-electron chi connectivity index (χ2n) is 3.09. The second kappa shape index (κ2) is 3.44. The molecule has 0 amide bonds.